The molecular weight excluding hydrogens is 424 g/mol. The fourth-order valence-corrected chi connectivity index (χ4v) is 4.32. The Hall–Kier alpha value is -2.38. The van der Waals surface area contributed by atoms with Crippen LogP contribution in [0, 0.1) is 11.8 Å². The molecule has 0 aromatic heterocycles. The summed E-state index contributed by atoms with van der Waals surface area (Å²) in [6.45, 7) is 5.42. The molecule has 0 aliphatic carbocycles. The molecule has 2 fully saturated rings. The predicted octanol–water partition coefficient (Wildman–Crippen LogP) is 4.05. The minimum Gasteiger partial charge on any atom is -0.312 e. The molecule has 0 N–H and O–H groups in total. The van der Waals surface area contributed by atoms with E-state index in [1.807, 2.05) is 49.1 Å². The van der Waals surface area contributed by atoms with Gasteiger partial charge >= 0.3 is 0 Å². The minimum atomic E-state index is -3.70. The number of halogens is 1. The van der Waals surface area contributed by atoms with E-state index in [-0.39, 0.29) is 28.5 Å². The summed E-state index contributed by atoms with van der Waals surface area (Å²) in [6.07, 6.45) is 1.81. The Morgan fingerprint density at radius 3 is 1.57 bits per heavy atom. The van der Waals surface area contributed by atoms with Crippen LogP contribution in [0.3, 0.4) is 0 Å². The van der Waals surface area contributed by atoms with Gasteiger partial charge in [0.1, 0.15) is 0 Å². The summed E-state index contributed by atoms with van der Waals surface area (Å²) in [5, 5.41) is 0. The van der Waals surface area contributed by atoms with Gasteiger partial charge in [-0.05, 0) is 49.2 Å². The number of hydrogen-bond acceptors (Lipinski definition) is 4. The molecule has 2 aromatic carbocycles. The zero-order valence-corrected chi connectivity index (χ0v) is 18.6. The summed E-state index contributed by atoms with van der Waals surface area (Å²) in [4.78, 5) is 27.0. The molecule has 0 saturated carbocycles. The molecule has 0 spiro atoms. The van der Waals surface area contributed by atoms with Crippen molar-refractivity contribution >= 4 is 42.9 Å². The van der Waals surface area contributed by atoms with Crippen LogP contribution in [0.2, 0.25) is 0 Å². The first-order chi connectivity index (χ1) is 14.2. The van der Waals surface area contributed by atoms with Crippen molar-refractivity contribution in [3.8, 4) is 0 Å². The van der Waals surface area contributed by atoms with Gasteiger partial charge in [-0.2, -0.15) is 0 Å². The largest absolute Gasteiger partial charge is 0.312 e. The SMILES string of the molecule is CC1CCN(c2ccc(S(=O)(=O)Cl)cc2)C1=O.CC1CCN(c2ccccc2)C1=O. The number of anilines is 2. The van der Waals surface area contributed by atoms with Gasteiger partial charge in [0.25, 0.3) is 9.05 Å². The molecule has 4 rings (SSSR count). The lowest BCUT2D eigenvalue weighted by atomic mass is 10.1. The van der Waals surface area contributed by atoms with Crippen LogP contribution in [0.25, 0.3) is 0 Å². The van der Waals surface area contributed by atoms with Crippen molar-refractivity contribution in [3.63, 3.8) is 0 Å². The molecule has 2 saturated heterocycles. The van der Waals surface area contributed by atoms with Gasteiger partial charge in [-0.15, -0.1) is 0 Å². The van der Waals surface area contributed by atoms with E-state index < -0.39 is 9.05 Å². The van der Waals surface area contributed by atoms with E-state index in [1.54, 1.807) is 17.0 Å². The lowest BCUT2D eigenvalue weighted by Gasteiger charge is -2.16. The molecule has 8 heteroatoms. The molecular formula is C22H25ClN2O4S. The van der Waals surface area contributed by atoms with Crippen LogP contribution < -0.4 is 9.80 Å². The Morgan fingerprint density at radius 2 is 1.20 bits per heavy atom. The van der Waals surface area contributed by atoms with Crippen LogP contribution in [-0.4, -0.2) is 33.3 Å². The summed E-state index contributed by atoms with van der Waals surface area (Å²) >= 11 is 0. The molecule has 2 aliphatic heterocycles. The molecule has 0 radical (unpaired) electrons. The van der Waals surface area contributed by atoms with Crippen LogP contribution in [-0.2, 0) is 18.6 Å². The van der Waals surface area contributed by atoms with Crippen LogP contribution in [0.5, 0.6) is 0 Å². The lowest BCUT2D eigenvalue weighted by molar-refractivity contribution is -0.120. The number of rotatable bonds is 3. The van der Waals surface area contributed by atoms with Gasteiger partial charge in [0, 0.05) is 47.0 Å². The highest BCUT2D eigenvalue weighted by Crippen LogP contribution is 2.27. The van der Waals surface area contributed by atoms with Crippen molar-refractivity contribution < 1.29 is 18.0 Å². The van der Waals surface area contributed by atoms with E-state index in [1.165, 1.54) is 12.1 Å². The Morgan fingerprint density at radius 1 is 0.767 bits per heavy atom. The van der Waals surface area contributed by atoms with Gasteiger partial charge in [0.15, 0.2) is 0 Å². The molecule has 30 heavy (non-hydrogen) atoms. The summed E-state index contributed by atoms with van der Waals surface area (Å²) < 4.78 is 22.1. The molecule has 2 aromatic rings. The standard InChI is InChI=1S/C11H12ClNO3S.C11H13NO/c1-8-6-7-13(11(8)14)9-2-4-10(5-3-9)17(12,15)16;1-9-7-8-12(11(9)13)10-5-3-2-4-6-10/h2-5,8H,6-7H2,1H3;2-6,9H,7-8H2,1H3. The third-order valence-electron chi connectivity index (χ3n) is 5.44. The van der Waals surface area contributed by atoms with Crippen LogP contribution in [0.15, 0.2) is 59.5 Å². The van der Waals surface area contributed by atoms with Crippen LogP contribution in [0.1, 0.15) is 26.7 Å². The Balaban J connectivity index is 0.000000177. The average molecular weight is 449 g/mol. The lowest BCUT2D eigenvalue weighted by Crippen LogP contribution is -2.26. The maximum atomic E-state index is 11.8. The summed E-state index contributed by atoms with van der Waals surface area (Å²) in [5.74, 6) is 0.560. The second kappa shape index (κ2) is 9.18. The van der Waals surface area contributed by atoms with Crippen molar-refractivity contribution in [2.75, 3.05) is 22.9 Å². The first-order valence-corrected chi connectivity index (χ1v) is 12.2. The quantitative estimate of drug-likeness (QED) is 0.664. The smallest absolute Gasteiger partial charge is 0.261 e. The Kier molecular flexibility index (Phi) is 6.83. The van der Waals surface area contributed by atoms with Crippen molar-refractivity contribution in [2.45, 2.75) is 31.6 Å². The second-order valence-electron chi connectivity index (χ2n) is 7.63. The minimum absolute atomic E-state index is 0.0337. The maximum absolute atomic E-state index is 11.8. The van der Waals surface area contributed by atoms with Gasteiger partial charge in [0.2, 0.25) is 11.8 Å². The van der Waals surface area contributed by atoms with Crippen molar-refractivity contribution in [1.29, 1.82) is 0 Å². The van der Waals surface area contributed by atoms with Gasteiger partial charge in [0.05, 0.1) is 4.90 Å². The topological polar surface area (TPSA) is 74.8 Å². The third kappa shape index (κ3) is 5.02. The molecule has 2 atom stereocenters. The maximum Gasteiger partial charge on any atom is 0.261 e. The molecule has 2 aliphatic rings. The van der Waals surface area contributed by atoms with E-state index >= 15 is 0 Å². The van der Waals surface area contributed by atoms with E-state index in [4.69, 9.17) is 10.7 Å². The molecule has 6 nitrogen and oxygen atoms in total. The van der Waals surface area contributed by atoms with Gasteiger partial charge in [-0.1, -0.05) is 32.0 Å². The number of carbonyl (C=O) groups excluding carboxylic acids is 2. The zero-order chi connectivity index (χ0) is 21.9. The third-order valence-corrected chi connectivity index (χ3v) is 6.81. The number of hydrogen-bond donors (Lipinski definition) is 0. The van der Waals surface area contributed by atoms with Gasteiger partial charge < -0.3 is 9.80 Å². The van der Waals surface area contributed by atoms with E-state index in [2.05, 4.69) is 0 Å². The van der Waals surface area contributed by atoms with Crippen molar-refractivity contribution in [3.05, 3.63) is 54.6 Å². The normalized spacial score (nSPS) is 21.6. The second-order valence-corrected chi connectivity index (χ2v) is 10.2. The number of nitrogens with zero attached hydrogens (tertiary/aromatic N) is 2. The van der Waals surface area contributed by atoms with Crippen LogP contribution >= 0.6 is 10.7 Å². The van der Waals surface area contributed by atoms with Gasteiger partial charge in [-0.25, -0.2) is 8.42 Å². The summed E-state index contributed by atoms with van der Waals surface area (Å²) in [5.41, 5.74) is 1.74. The van der Waals surface area contributed by atoms with Crippen LogP contribution in [0.4, 0.5) is 11.4 Å². The highest BCUT2D eigenvalue weighted by atomic mass is 35.7. The highest BCUT2D eigenvalue weighted by Gasteiger charge is 2.29. The van der Waals surface area contributed by atoms with Crippen molar-refractivity contribution in [2.24, 2.45) is 11.8 Å². The van der Waals surface area contributed by atoms with Gasteiger partial charge in [-0.3, -0.25) is 9.59 Å². The zero-order valence-electron chi connectivity index (χ0n) is 17.0. The van der Waals surface area contributed by atoms with E-state index in [0.29, 0.717) is 12.2 Å². The fraction of sp³-hybridized carbons (Fsp3) is 0.364. The fourth-order valence-electron chi connectivity index (χ4n) is 3.55. The first-order valence-electron chi connectivity index (χ1n) is 9.91. The molecule has 2 amide bonds. The Labute approximate surface area is 181 Å². The highest BCUT2D eigenvalue weighted by molar-refractivity contribution is 8.13. The van der Waals surface area contributed by atoms with E-state index in [0.717, 1.165) is 25.1 Å². The number of carbonyl (C=O) groups is 2. The van der Waals surface area contributed by atoms with E-state index in [9.17, 15) is 18.0 Å². The summed E-state index contributed by atoms with van der Waals surface area (Å²) in [7, 11) is 1.52. The first kappa shape index (κ1) is 22.3. The average Bonchev–Trinajstić information content (AvgIpc) is 3.24. The monoisotopic (exact) mass is 448 g/mol. The van der Waals surface area contributed by atoms with Crippen molar-refractivity contribution in [1.82, 2.24) is 0 Å². The molecule has 2 heterocycles. The molecule has 160 valence electrons. The summed E-state index contributed by atoms with van der Waals surface area (Å²) in [6, 6.07) is 15.9. The number of para-hydroxylation sites is 1. The predicted molar refractivity (Wildman–Crippen MR) is 118 cm³/mol. The number of benzene rings is 2. The number of amides is 2. The molecule has 0 bridgehead atoms. The Bertz CT molecular complexity index is 1010. The molecule has 2 unspecified atom stereocenters.